The molecule has 1 aliphatic rings. The summed E-state index contributed by atoms with van der Waals surface area (Å²) < 4.78 is 1.04. The van der Waals surface area contributed by atoms with Crippen LogP contribution >= 0.6 is 11.3 Å². The van der Waals surface area contributed by atoms with E-state index in [2.05, 4.69) is 15.3 Å². The van der Waals surface area contributed by atoms with Crippen LogP contribution < -0.4 is 5.32 Å². The minimum Gasteiger partial charge on any atom is -0.481 e. The third-order valence-electron chi connectivity index (χ3n) is 4.31. The van der Waals surface area contributed by atoms with Gasteiger partial charge in [0.25, 0.3) is 0 Å². The number of aliphatic carboxylic acids is 1. The zero-order chi connectivity index (χ0) is 14.7. The quantitative estimate of drug-likeness (QED) is 0.884. The second kappa shape index (κ2) is 5.97. The summed E-state index contributed by atoms with van der Waals surface area (Å²) in [7, 11) is 0. The van der Waals surface area contributed by atoms with E-state index in [1.807, 2.05) is 11.4 Å². The molecule has 0 spiro atoms. The van der Waals surface area contributed by atoms with Gasteiger partial charge in [-0.3, -0.25) is 4.79 Å². The van der Waals surface area contributed by atoms with Crippen molar-refractivity contribution in [2.24, 2.45) is 5.41 Å². The average Bonchev–Trinajstić information content (AvgIpc) is 2.94. The zero-order valence-corrected chi connectivity index (χ0v) is 12.7. The van der Waals surface area contributed by atoms with Crippen LogP contribution in [-0.4, -0.2) is 27.6 Å². The highest BCUT2D eigenvalue weighted by molar-refractivity contribution is 7.17. The molecule has 0 unspecified atom stereocenters. The van der Waals surface area contributed by atoms with Gasteiger partial charge in [-0.05, 0) is 29.7 Å². The number of rotatable bonds is 5. The van der Waals surface area contributed by atoms with Gasteiger partial charge in [-0.15, -0.1) is 11.3 Å². The molecule has 6 heteroatoms. The number of thiophene rings is 1. The van der Waals surface area contributed by atoms with Gasteiger partial charge in [-0.2, -0.15) is 0 Å². The molecular weight excluding hydrogens is 286 g/mol. The molecule has 2 aromatic heterocycles. The van der Waals surface area contributed by atoms with Crippen molar-refractivity contribution in [1.29, 1.82) is 0 Å². The number of fused-ring (bicyclic) bond motifs is 1. The smallest absolute Gasteiger partial charge is 0.303 e. The van der Waals surface area contributed by atoms with Crippen LogP contribution in [0.3, 0.4) is 0 Å². The second-order valence-corrected chi connectivity index (χ2v) is 6.76. The van der Waals surface area contributed by atoms with Crippen LogP contribution in [0.25, 0.3) is 10.2 Å². The molecular formula is C15H19N3O2S. The Hall–Kier alpha value is -1.69. The molecule has 2 aromatic rings. The van der Waals surface area contributed by atoms with E-state index in [4.69, 9.17) is 0 Å². The van der Waals surface area contributed by atoms with Gasteiger partial charge in [0.15, 0.2) is 0 Å². The van der Waals surface area contributed by atoms with Crippen LogP contribution in [0, 0.1) is 5.41 Å². The number of carboxylic acids is 1. The van der Waals surface area contributed by atoms with E-state index < -0.39 is 5.97 Å². The third kappa shape index (κ3) is 3.15. The summed E-state index contributed by atoms with van der Waals surface area (Å²) in [6.45, 7) is 0.670. The highest BCUT2D eigenvalue weighted by atomic mass is 32.1. The minimum atomic E-state index is -0.706. The van der Waals surface area contributed by atoms with Crippen LogP contribution in [0.4, 0.5) is 5.82 Å². The van der Waals surface area contributed by atoms with Crippen molar-refractivity contribution in [3.8, 4) is 0 Å². The maximum atomic E-state index is 11.2. The third-order valence-corrected chi connectivity index (χ3v) is 5.22. The Balaban J connectivity index is 1.77. The monoisotopic (exact) mass is 305 g/mol. The molecule has 0 amide bonds. The van der Waals surface area contributed by atoms with Crippen LogP contribution in [0.1, 0.15) is 38.5 Å². The van der Waals surface area contributed by atoms with Crippen molar-refractivity contribution < 1.29 is 9.90 Å². The van der Waals surface area contributed by atoms with Crippen LogP contribution in [0.2, 0.25) is 0 Å². The largest absolute Gasteiger partial charge is 0.481 e. The van der Waals surface area contributed by atoms with Gasteiger partial charge in [-0.1, -0.05) is 19.3 Å². The number of carboxylic acid groups (broad SMARTS) is 1. The molecule has 112 valence electrons. The Bertz CT molecular complexity index is 635. The Morgan fingerprint density at radius 3 is 2.90 bits per heavy atom. The number of hydrogen-bond acceptors (Lipinski definition) is 5. The number of aromatic nitrogens is 2. The molecule has 0 saturated heterocycles. The summed E-state index contributed by atoms with van der Waals surface area (Å²) in [5.41, 5.74) is 0.798. The van der Waals surface area contributed by atoms with Crippen molar-refractivity contribution in [3.05, 3.63) is 17.8 Å². The fourth-order valence-electron chi connectivity index (χ4n) is 3.22. The Kier molecular flexibility index (Phi) is 4.05. The van der Waals surface area contributed by atoms with E-state index in [-0.39, 0.29) is 11.8 Å². The van der Waals surface area contributed by atoms with E-state index in [9.17, 15) is 9.90 Å². The first kappa shape index (κ1) is 14.3. The Morgan fingerprint density at radius 2 is 2.14 bits per heavy atom. The van der Waals surface area contributed by atoms with Gasteiger partial charge in [-0.25, -0.2) is 9.97 Å². The van der Waals surface area contributed by atoms with Crippen molar-refractivity contribution in [2.75, 3.05) is 11.9 Å². The van der Waals surface area contributed by atoms with Gasteiger partial charge in [0, 0.05) is 6.54 Å². The molecule has 2 heterocycles. The van der Waals surface area contributed by atoms with Crippen LogP contribution in [0.5, 0.6) is 0 Å². The molecule has 5 nitrogen and oxygen atoms in total. The predicted octanol–water partition coefficient (Wildman–Crippen LogP) is 3.53. The molecule has 0 aromatic carbocycles. The topological polar surface area (TPSA) is 75.1 Å². The van der Waals surface area contributed by atoms with E-state index in [0.717, 1.165) is 41.7 Å². The first-order valence-corrected chi connectivity index (χ1v) is 8.20. The van der Waals surface area contributed by atoms with Gasteiger partial charge in [0.2, 0.25) is 0 Å². The van der Waals surface area contributed by atoms with Crippen LogP contribution in [0.15, 0.2) is 17.8 Å². The summed E-state index contributed by atoms with van der Waals surface area (Å²) in [6, 6.07) is 1.97. The zero-order valence-electron chi connectivity index (χ0n) is 11.8. The fraction of sp³-hybridized carbons (Fsp3) is 0.533. The summed E-state index contributed by atoms with van der Waals surface area (Å²) in [5.74, 6) is 0.119. The standard InChI is InChI=1S/C15H19N3O2S/c19-12(20)8-15(5-2-1-3-6-15)9-16-14-13-11(4-7-21-13)17-10-18-14/h4,7,10H,1-3,5-6,8-9H2,(H,19,20)(H,16,17,18). The summed E-state index contributed by atoms with van der Waals surface area (Å²) in [4.78, 5) is 19.7. The maximum Gasteiger partial charge on any atom is 0.303 e. The Labute approximate surface area is 127 Å². The molecule has 0 radical (unpaired) electrons. The van der Waals surface area contributed by atoms with E-state index in [1.54, 1.807) is 17.7 Å². The van der Waals surface area contributed by atoms with E-state index in [0.29, 0.717) is 6.54 Å². The maximum absolute atomic E-state index is 11.2. The van der Waals surface area contributed by atoms with Crippen molar-refractivity contribution >= 4 is 33.3 Å². The number of nitrogens with one attached hydrogen (secondary N) is 1. The molecule has 21 heavy (non-hydrogen) atoms. The fourth-order valence-corrected chi connectivity index (χ4v) is 4.04. The predicted molar refractivity (Wildman–Crippen MR) is 83.7 cm³/mol. The van der Waals surface area contributed by atoms with Gasteiger partial charge in [0.05, 0.1) is 16.6 Å². The number of carbonyl (C=O) groups is 1. The summed E-state index contributed by atoms with van der Waals surface area (Å²) >= 11 is 1.61. The van der Waals surface area contributed by atoms with Crippen LogP contribution in [-0.2, 0) is 4.79 Å². The van der Waals surface area contributed by atoms with Crippen molar-refractivity contribution in [2.45, 2.75) is 38.5 Å². The van der Waals surface area contributed by atoms with E-state index >= 15 is 0 Å². The molecule has 1 saturated carbocycles. The molecule has 0 atom stereocenters. The van der Waals surface area contributed by atoms with Gasteiger partial charge >= 0.3 is 5.97 Å². The lowest BCUT2D eigenvalue weighted by Gasteiger charge is -2.36. The molecule has 2 N–H and O–H groups in total. The van der Waals surface area contributed by atoms with Crippen molar-refractivity contribution in [1.82, 2.24) is 9.97 Å². The number of anilines is 1. The minimum absolute atomic E-state index is 0.140. The second-order valence-electron chi connectivity index (χ2n) is 5.84. The summed E-state index contributed by atoms with van der Waals surface area (Å²) in [5, 5.41) is 14.6. The molecule has 1 aliphatic carbocycles. The lowest BCUT2D eigenvalue weighted by Crippen LogP contribution is -2.34. The van der Waals surface area contributed by atoms with Gasteiger partial charge in [0.1, 0.15) is 12.1 Å². The highest BCUT2D eigenvalue weighted by Crippen LogP contribution is 2.40. The van der Waals surface area contributed by atoms with Gasteiger partial charge < -0.3 is 10.4 Å². The molecule has 3 rings (SSSR count). The summed E-state index contributed by atoms with van der Waals surface area (Å²) in [6.07, 6.45) is 7.20. The first-order chi connectivity index (χ1) is 10.2. The number of nitrogens with zero attached hydrogens (tertiary/aromatic N) is 2. The number of hydrogen-bond donors (Lipinski definition) is 2. The first-order valence-electron chi connectivity index (χ1n) is 7.32. The molecule has 0 bridgehead atoms. The lowest BCUT2D eigenvalue weighted by molar-refractivity contribution is -0.140. The Morgan fingerprint density at radius 1 is 1.33 bits per heavy atom. The SMILES string of the molecule is O=C(O)CC1(CNc2ncnc3ccsc23)CCCCC1. The molecule has 1 fully saturated rings. The van der Waals surface area contributed by atoms with E-state index in [1.165, 1.54) is 6.42 Å². The normalized spacial score (nSPS) is 17.7. The average molecular weight is 305 g/mol. The lowest BCUT2D eigenvalue weighted by atomic mass is 9.71. The van der Waals surface area contributed by atoms with Crippen molar-refractivity contribution in [3.63, 3.8) is 0 Å². The highest BCUT2D eigenvalue weighted by Gasteiger charge is 2.34. The molecule has 0 aliphatic heterocycles.